The van der Waals surface area contributed by atoms with E-state index in [9.17, 15) is 25.2 Å². The minimum Gasteiger partial charge on any atom is -0.481 e. The SMILES string of the molecule is Cc1ccc(OC2O[C@H](CO)[C@@H](O)C(O)[C@@H]2O)c(-c2cccc(CC(=O)O)c2)c1. The average Bonchev–Trinajstić information content (AvgIpc) is 2.69. The maximum atomic E-state index is 11.0. The maximum absolute atomic E-state index is 11.0. The third-order valence-corrected chi connectivity index (χ3v) is 4.82. The molecule has 1 aliphatic heterocycles. The molecular formula is C21H24O8. The van der Waals surface area contributed by atoms with E-state index in [4.69, 9.17) is 14.6 Å². The Labute approximate surface area is 167 Å². The van der Waals surface area contributed by atoms with Gasteiger partial charge in [0.15, 0.2) is 0 Å². The molecule has 29 heavy (non-hydrogen) atoms. The van der Waals surface area contributed by atoms with Gasteiger partial charge in [0, 0.05) is 5.56 Å². The minimum atomic E-state index is -1.54. The van der Waals surface area contributed by atoms with Crippen LogP contribution in [0, 0.1) is 6.92 Å². The molecule has 8 heteroatoms. The Bertz CT molecular complexity index is 866. The van der Waals surface area contributed by atoms with Crippen molar-refractivity contribution < 1.29 is 39.8 Å². The third-order valence-electron chi connectivity index (χ3n) is 4.82. The quantitative estimate of drug-likeness (QED) is 0.469. The summed E-state index contributed by atoms with van der Waals surface area (Å²) in [5.41, 5.74) is 2.92. The fourth-order valence-corrected chi connectivity index (χ4v) is 3.29. The third kappa shape index (κ3) is 4.75. The molecule has 5 atom stereocenters. The van der Waals surface area contributed by atoms with Crippen LogP contribution in [0.1, 0.15) is 11.1 Å². The normalized spacial score (nSPS) is 26.9. The number of rotatable bonds is 6. The van der Waals surface area contributed by atoms with Crippen molar-refractivity contribution in [2.75, 3.05) is 6.61 Å². The highest BCUT2D eigenvalue weighted by molar-refractivity contribution is 5.74. The van der Waals surface area contributed by atoms with E-state index in [1.807, 2.05) is 13.0 Å². The zero-order valence-electron chi connectivity index (χ0n) is 15.8. The largest absolute Gasteiger partial charge is 0.481 e. The number of aliphatic hydroxyl groups is 4. The lowest BCUT2D eigenvalue weighted by Crippen LogP contribution is -2.60. The molecule has 2 aromatic rings. The number of carbonyl (C=O) groups is 1. The number of hydrogen-bond donors (Lipinski definition) is 5. The van der Waals surface area contributed by atoms with E-state index >= 15 is 0 Å². The van der Waals surface area contributed by atoms with Crippen molar-refractivity contribution >= 4 is 5.97 Å². The van der Waals surface area contributed by atoms with E-state index in [1.165, 1.54) is 0 Å². The molecule has 0 aliphatic carbocycles. The summed E-state index contributed by atoms with van der Waals surface area (Å²) in [6.07, 6.45) is -7.05. The summed E-state index contributed by atoms with van der Waals surface area (Å²) >= 11 is 0. The first-order chi connectivity index (χ1) is 13.8. The van der Waals surface area contributed by atoms with E-state index < -0.39 is 43.3 Å². The van der Waals surface area contributed by atoms with E-state index in [-0.39, 0.29) is 6.42 Å². The van der Waals surface area contributed by atoms with Gasteiger partial charge in [-0.1, -0.05) is 35.9 Å². The van der Waals surface area contributed by atoms with Crippen LogP contribution >= 0.6 is 0 Å². The standard InChI is InChI=1S/C21H24O8/c1-11-5-6-15(28-21-20(27)19(26)18(25)16(10-22)29-21)14(7-11)13-4-2-3-12(8-13)9-17(23)24/h2-8,16,18-22,25-27H,9-10H2,1H3,(H,23,24)/t16-,18-,19?,20+,21?/m1/s1. The highest BCUT2D eigenvalue weighted by Gasteiger charge is 2.44. The number of ether oxygens (including phenoxy) is 2. The fourth-order valence-electron chi connectivity index (χ4n) is 3.29. The van der Waals surface area contributed by atoms with Crippen LogP contribution < -0.4 is 4.74 Å². The molecule has 1 heterocycles. The van der Waals surface area contributed by atoms with Crippen molar-refractivity contribution in [2.24, 2.45) is 0 Å². The maximum Gasteiger partial charge on any atom is 0.307 e. The van der Waals surface area contributed by atoms with Crippen molar-refractivity contribution in [1.82, 2.24) is 0 Å². The molecule has 5 N–H and O–H groups in total. The van der Waals surface area contributed by atoms with Gasteiger partial charge < -0.3 is 35.0 Å². The molecule has 0 bridgehead atoms. The summed E-state index contributed by atoms with van der Waals surface area (Å²) in [6, 6.07) is 12.3. The van der Waals surface area contributed by atoms with Gasteiger partial charge in [-0.2, -0.15) is 0 Å². The first-order valence-corrected chi connectivity index (χ1v) is 9.19. The van der Waals surface area contributed by atoms with Crippen LogP contribution in [0.4, 0.5) is 0 Å². The Hall–Kier alpha value is -2.49. The Balaban J connectivity index is 1.92. The van der Waals surface area contributed by atoms with Gasteiger partial charge in [0.2, 0.25) is 6.29 Å². The molecule has 3 rings (SSSR count). The van der Waals surface area contributed by atoms with E-state index in [2.05, 4.69) is 0 Å². The summed E-state index contributed by atoms with van der Waals surface area (Å²) in [5.74, 6) is -0.600. The first-order valence-electron chi connectivity index (χ1n) is 9.19. The van der Waals surface area contributed by atoms with E-state index in [0.29, 0.717) is 22.4 Å². The number of carboxylic acids is 1. The van der Waals surface area contributed by atoms with Crippen LogP contribution in [-0.2, 0) is 16.0 Å². The van der Waals surface area contributed by atoms with Crippen molar-refractivity contribution in [2.45, 2.75) is 44.1 Å². The number of aliphatic hydroxyl groups excluding tert-OH is 4. The number of hydrogen-bond acceptors (Lipinski definition) is 7. The molecule has 1 aliphatic rings. The Morgan fingerprint density at radius 1 is 1.07 bits per heavy atom. The van der Waals surface area contributed by atoms with Gasteiger partial charge in [-0.05, 0) is 30.2 Å². The zero-order valence-corrected chi connectivity index (χ0v) is 15.8. The molecule has 0 spiro atoms. The predicted molar refractivity (Wildman–Crippen MR) is 102 cm³/mol. The lowest BCUT2D eigenvalue weighted by atomic mass is 9.98. The van der Waals surface area contributed by atoms with Crippen molar-refractivity contribution in [3.05, 3.63) is 53.6 Å². The van der Waals surface area contributed by atoms with Gasteiger partial charge in [-0.15, -0.1) is 0 Å². The summed E-state index contributed by atoms with van der Waals surface area (Å²) in [6.45, 7) is 1.34. The molecule has 1 fully saturated rings. The Kier molecular flexibility index (Phi) is 6.51. The molecular weight excluding hydrogens is 380 g/mol. The predicted octanol–water partition coefficient (Wildman–Crippen LogP) is 0.468. The fraction of sp³-hybridized carbons (Fsp3) is 0.381. The number of benzene rings is 2. The summed E-state index contributed by atoms with van der Waals surface area (Å²) in [5, 5.41) is 48.5. The lowest BCUT2D eigenvalue weighted by Gasteiger charge is -2.39. The molecule has 8 nitrogen and oxygen atoms in total. The second-order valence-electron chi connectivity index (χ2n) is 7.09. The van der Waals surface area contributed by atoms with Crippen LogP contribution in [0.5, 0.6) is 5.75 Å². The molecule has 2 unspecified atom stereocenters. The summed E-state index contributed by atoms with van der Waals surface area (Å²) < 4.78 is 11.2. The first kappa shape index (κ1) is 21.2. The number of carboxylic acid groups (broad SMARTS) is 1. The Morgan fingerprint density at radius 3 is 2.52 bits per heavy atom. The molecule has 0 aromatic heterocycles. The topological polar surface area (TPSA) is 137 Å². The smallest absolute Gasteiger partial charge is 0.307 e. The monoisotopic (exact) mass is 404 g/mol. The summed E-state index contributed by atoms with van der Waals surface area (Å²) in [4.78, 5) is 11.0. The van der Waals surface area contributed by atoms with Crippen molar-refractivity contribution in [3.8, 4) is 16.9 Å². The number of aliphatic carboxylic acids is 1. The summed E-state index contributed by atoms with van der Waals surface area (Å²) in [7, 11) is 0. The van der Waals surface area contributed by atoms with Gasteiger partial charge in [-0.25, -0.2) is 0 Å². The highest BCUT2D eigenvalue weighted by atomic mass is 16.7. The molecule has 1 saturated heterocycles. The van der Waals surface area contributed by atoms with Crippen LogP contribution in [0.25, 0.3) is 11.1 Å². The van der Waals surface area contributed by atoms with E-state index in [1.54, 1.807) is 36.4 Å². The molecule has 0 saturated carbocycles. The second kappa shape index (κ2) is 8.89. The number of aryl methyl sites for hydroxylation is 1. The van der Waals surface area contributed by atoms with Gasteiger partial charge >= 0.3 is 5.97 Å². The molecule has 2 aromatic carbocycles. The minimum absolute atomic E-state index is 0.122. The molecule has 0 amide bonds. The average molecular weight is 404 g/mol. The van der Waals surface area contributed by atoms with Crippen LogP contribution in [0.15, 0.2) is 42.5 Å². The van der Waals surface area contributed by atoms with Gasteiger partial charge in [0.25, 0.3) is 0 Å². The highest BCUT2D eigenvalue weighted by Crippen LogP contribution is 2.34. The van der Waals surface area contributed by atoms with Gasteiger partial charge in [0.1, 0.15) is 30.2 Å². The van der Waals surface area contributed by atoms with E-state index in [0.717, 1.165) is 5.56 Å². The van der Waals surface area contributed by atoms with Gasteiger partial charge in [0.05, 0.1) is 13.0 Å². The molecule has 0 radical (unpaired) electrons. The molecule has 156 valence electrons. The van der Waals surface area contributed by atoms with Crippen LogP contribution in [0.2, 0.25) is 0 Å². The zero-order chi connectivity index (χ0) is 21.1. The van der Waals surface area contributed by atoms with Gasteiger partial charge in [-0.3, -0.25) is 4.79 Å². The lowest BCUT2D eigenvalue weighted by molar-refractivity contribution is -0.277. The Morgan fingerprint density at radius 2 is 1.83 bits per heavy atom. The van der Waals surface area contributed by atoms with Crippen molar-refractivity contribution in [3.63, 3.8) is 0 Å². The van der Waals surface area contributed by atoms with Crippen molar-refractivity contribution in [1.29, 1.82) is 0 Å². The van der Waals surface area contributed by atoms with Crippen LogP contribution in [-0.4, -0.2) is 68.8 Å². The second-order valence-corrected chi connectivity index (χ2v) is 7.09. The van der Waals surface area contributed by atoms with Crippen LogP contribution in [0.3, 0.4) is 0 Å².